The van der Waals surface area contributed by atoms with Gasteiger partial charge in [0.25, 0.3) is 0 Å². The average molecular weight is 333 g/mol. The van der Waals surface area contributed by atoms with Crippen LogP contribution in [0.4, 0.5) is 0 Å². The number of hydrogen-bond acceptors (Lipinski definition) is 5. The monoisotopic (exact) mass is 332 g/mol. The Morgan fingerprint density at radius 3 is 2.94 bits per heavy atom. The lowest BCUT2D eigenvalue weighted by Crippen LogP contribution is -2.23. The van der Waals surface area contributed by atoms with Crippen LogP contribution >= 0.6 is 27.7 Å². The molecule has 6 heteroatoms. The van der Waals surface area contributed by atoms with Crippen LogP contribution in [0.1, 0.15) is 39.8 Å². The van der Waals surface area contributed by atoms with Gasteiger partial charge >= 0.3 is 5.97 Å². The van der Waals surface area contributed by atoms with Crippen molar-refractivity contribution in [2.75, 3.05) is 12.9 Å². The first-order chi connectivity index (χ1) is 8.60. The van der Waals surface area contributed by atoms with Crippen molar-refractivity contribution in [3.05, 3.63) is 16.9 Å². The van der Waals surface area contributed by atoms with E-state index in [9.17, 15) is 9.59 Å². The molecule has 0 radical (unpaired) electrons. The molecule has 1 heterocycles. The fraction of sp³-hybridized carbons (Fsp3) is 0.500. The first-order valence-electron chi connectivity index (χ1n) is 5.65. The van der Waals surface area contributed by atoms with Gasteiger partial charge in [-0.05, 0) is 26.0 Å². The Morgan fingerprint density at radius 1 is 1.61 bits per heavy atom. The highest BCUT2D eigenvalue weighted by Crippen LogP contribution is 2.37. The molecule has 0 N–H and O–H groups in total. The Kier molecular flexibility index (Phi) is 4.17. The highest BCUT2D eigenvalue weighted by atomic mass is 79.9. The summed E-state index contributed by atoms with van der Waals surface area (Å²) in [5, 5.41) is 0.502. The number of alkyl halides is 1. The molecular formula is C12H13BrO4S. The zero-order chi connectivity index (χ0) is 13.3. The van der Waals surface area contributed by atoms with Crippen LogP contribution in [0.15, 0.2) is 9.51 Å². The van der Waals surface area contributed by atoms with Crippen molar-refractivity contribution < 1.29 is 18.7 Å². The van der Waals surface area contributed by atoms with E-state index in [0.29, 0.717) is 29.1 Å². The Balaban J connectivity index is 2.49. The van der Waals surface area contributed by atoms with Gasteiger partial charge in [0.2, 0.25) is 5.76 Å². The number of carbonyl (C=O) groups is 2. The van der Waals surface area contributed by atoms with E-state index in [0.717, 1.165) is 0 Å². The van der Waals surface area contributed by atoms with E-state index in [1.54, 1.807) is 6.92 Å². The summed E-state index contributed by atoms with van der Waals surface area (Å²) in [6.45, 7) is 2.03. The molecule has 0 saturated carbocycles. The van der Waals surface area contributed by atoms with Crippen LogP contribution in [0, 0.1) is 0 Å². The van der Waals surface area contributed by atoms with E-state index >= 15 is 0 Å². The van der Waals surface area contributed by atoms with Crippen LogP contribution in [0.3, 0.4) is 0 Å². The number of carbonyl (C=O) groups excluding carboxylic acids is 2. The maximum Gasteiger partial charge on any atom is 0.374 e. The normalized spacial score (nSPS) is 18.6. The molecule has 4 nitrogen and oxygen atoms in total. The van der Waals surface area contributed by atoms with E-state index < -0.39 is 5.97 Å². The quantitative estimate of drug-likeness (QED) is 0.483. The van der Waals surface area contributed by atoms with Crippen molar-refractivity contribution in [1.29, 1.82) is 0 Å². The molecule has 1 unspecified atom stereocenters. The summed E-state index contributed by atoms with van der Waals surface area (Å²) in [5.41, 5.74) is 1.23. The Hall–Kier alpha value is -0.750. The largest absolute Gasteiger partial charge is 0.460 e. The molecule has 98 valence electrons. The molecule has 1 aromatic heterocycles. The van der Waals surface area contributed by atoms with Crippen LogP contribution in [-0.4, -0.2) is 29.4 Å². The van der Waals surface area contributed by atoms with Crippen LogP contribution in [0.5, 0.6) is 0 Å². The number of hydrogen-bond donors (Lipinski definition) is 0. The number of ketones is 1. The van der Waals surface area contributed by atoms with Gasteiger partial charge in [-0.3, -0.25) is 4.79 Å². The third kappa shape index (κ3) is 2.23. The summed E-state index contributed by atoms with van der Waals surface area (Å²) in [5.74, 6) is -0.321. The topological polar surface area (TPSA) is 56.5 Å². The molecular weight excluding hydrogens is 320 g/mol. The molecule has 1 atom stereocenters. The minimum atomic E-state index is -0.491. The number of halogens is 1. The number of esters is 1. The lowest BCUT2D eigenvalue weighted by Gasteiger charge is -2.15. The van der Waals surface area contributed by atoms with Gasteiger partial charge in [-0.2, -0.15) is 0 Å². The molecule has 0 amide bonds. The number of Topliss-reactive ketones (excluding diaryl/α,β-unsaturated/α-hetero) is 1. The van der Waals surface area contributed by atoms with E-state index in [2.05, 4.69) is 15.9 Å². The highest BCUT2D eigenvalue weighted by molar-refractivity contribution is 9.10. The molecule has 18 heavy (non-hydrogen) atoms. The second kappa shape index (κ2) is 5.48. The van der Waals surface area contributed by atoms with Crippen molar-refractivity contribution in [2.24, 2.45) is 0 Å². The molecule has 0 bridgehead atoms. The first-order valence-corrected chi connectivity index (χ1v) is 7.79. The Morgan fingerprint density at radius 2 is 2.33 bits per heavy atom. The molecule has 0 saturated heterocycles. The highest BCUT2D eigenvalue weighted by Gasteiger charge is 2.35. The van der Waals surface area contributed by atoms with Crippen molar-refractivity contribution in [3.8, 4) is 0 Å². The van der Waals surface area contributed by atoms with Gasteiger partial charge in [0.15, 0.2) is 10.9 Å². The van der Waals surface area contributed by atoms with Crippen LogP contribution in [0.25, 0.3) is 0 Å². The van der Waals surface area contributed by atoms with Gasteiger partial charge in [0.1, 0.15) is 0 Å². The summed E-state index contributed by atoms with van der Waals surface area (Å²) < 4.78 is 10.4. The molecule has 0 spiro atoms. The summed E-state index contributed by atoms with van der Waals surface area (Å²) in [6, 6.07) is 0. The fourth-order valence-electron chi connectivity index (χ4n) is 1.99. The van der Waals surface area contributed by atoms with Gasteiger partial charge in [0, 0.05) is 5.56 Å². The number of rotatable bonds is 3. The summed E-state index contributed by atoms with van der Waals surface area (Å²) in [7, 11) is 0. The Labute approximate surface area is 118 Å². The molecule has 2 rings (SSSR count). The summed E-state index contributed by atoms with van der Waals surface area (Å²) in [4.78, 5) is 23.7. The van der Waals surface area contributed by atoms with Gasteiger partial charge in [-0.1, -0.05) is 27.7 Å². The maximum atomic E-state index is 12.1. The third-order valence-electron chi connectivity index (χ3n) is 2.80. The Bertz CT molecular complexity index is 495. The van der Waals surface area contributed by atoms with Crippen LogP contribution in [0.2, 0.25) is 0 Å². The predicted molar refractivity (Wildman–Crippen MR) is 71.8 cm³/mol. The fourth-order valence-corrected chi connectivity index (χ4v) is 3.05. The molecule has 1 aliphatic carbocycles. The van der Waals surface area contributed by atoms with Crippen molar-refractivity contribution in [3.63, 3.8) is 0 Å². The van der Waals surface area contributed by atoms with Gasteiger partial charge in [0.05, 0.1) is 17.0 Å². The molecule has 0 aliphatic heterocycles. The zero-order valence-corrected chi connectivity index (χ0v) is 12.5. The number of fused-ring (bicyclic) bond motifs is 1. The lowest BCUT2D eigenvalue weighted by molar-refractivity contribution is 0.0482. The summed E-state index contributed by atoms with van der Waals surface area (Å²) in [6.07, 6.45) is 3.14. The standard InChI is InChI=1S/C12H13BrO4S/c1-3-16-11(15)10-6-4-5-7(13)9(14)8(6)12(17-10)18-2/h7H,3-5H2,1-2H3. The zero-order valence-electron chi connectivity index (χ0n) is 10.1. The van der Waals surface area contributed by atoms with Crippen molar-refractivity contribution >= 4 is 39.4 Å². The number of ether oxygens (including phenoxy) is 1. The predicted octanol–water partition coefficient (Wildman–Crippen LogP) is 3.07. The van der Waals surface area contributed by atoms with Crippen LogP contribution < -0.4 is 0 Å². The second-order valence-electron chi connectivity index (χ2n) is 3.87. The van der Waals surface area contributed by atoms with E-state index in [-0.39, 0.29) is 23.0 Å². The molecule has 1 aliphatic rings. The van der Waals surface area contributed by atoms with E-state index in [4.69, 9.17) is 9.15 Å². The first kappa shape index (κ1) is 13.7. The van der Waals surface area contributed by atoms with E-state index in [1.807, 2.05) is 6.26 Å². The SMILES string of the molecule is CCOC(=O)c1oc(SC)c2c1CCC(Br)C2=O. The summed E-state index contributed by atoms with van der Waals surface area (Å²) >= 11 is 4.68. The van der Waals surface area contributed by atoms with Gasteiger partial charge in [-0.25, -0.2) is 4.79 Å². The van der Waals surface area contributed by atoms with Gasteiger partial charge < -0.3 is 9.15 Å². The molecule has 0 aromatic carbocycles. The van der Waals surface area contributed by atoms with Crippen molar-refractivity contribution in [1.82, 2.24) is 0 Å². The average Bonchev–Trinajstić information content (AvgIpc) is 2.73. The minimum absolute atomic E-state index is 0.0140. The van der Waals surface area contributed by atoms with Gasteiger partial charge in [-0.15, -0.1) is 0 Å². The number of furan rings is 1. The minimum Gasteiger partial charge on any atom is -0.460 e. The van der Waals surface area contributed by atoms with Crippen LogP contribution in [-0.2, 0) is 11.2 Å². The van der Waals surface area contributed by atoms with E-state index in [1.165, 1.54) is 11.8 Å². The second-order valence-corrected chi connectivity index (χ2v) is 5.75. The number of thioether (sulfide) groups is 1. The lowest BCUT2D eigenvalue weighted by atomic mass is 9.92. The molecule has 1 aromatic rings. The molecule has 0 fully saturated rings. The smallest absolute Gasteiger partial charge is 0.374 e. The third-order valence-corrected chi connectivity index (χ3v) is 4.33. The maximum absolute atomic E-state index is 12.1. The van der Waals surface area contributed by atoms with Crippen molar-refractivity contribution in [2.45, 2.75) is 29.7 Å².